The number of hydrogen-bond acceptors (Lipinski definition) is 7. The zero-order valence-corrected chi connectivity index (χ0v) is 19.0. The second-order valence-electron chi connectivity index (χ2n) is 7.89. The van der Waals surface area contributed by atoms with Crippen LogP contribution in [0.15, 0.2) is 39.6 Å². The van der Waals surface area contributed by atoms with Crippen LogP contribution in [0.5, 0.6) is 17.5 Å². The predicted octanol–water partition coefficient (Wildman–Crippen LogP) is 3.89. The molecule has 4 aromatic rings. The number of benzene rings is 2. The highest BCUT2D eigenvalue weighted by atomic mass is 35.5. The Morgan fingerprint density at radius 1 is 1.21 bits per heavy atom. The van der Waals surface area contributed by atoms with E-state index in [-0.39, 0.29) is 32.8 Å². The minimum atomic E-state index is -0.946. The summed E-state index contributed by atoms with van der Waals surface area (Å²) in [6, 6.07) is 8.72. The standard InChI is InChI=1S/C21H17Cl2N5O5/c1-21(5-6-21)28-15-9-11(3-4-14(15)25-19(28)31-2)32-16-12(22)7-10(8-13(16)23)27-18(17(24)29)26-33-20(27)30/h3-4,7-9H,5-6H2,1-2H3,(H2,24,29). The van der Waals surface area contributed by atoms with Gasteiger partial charge in [0.25, 0.3) is 11.9 Å². The second kappa shape index (κ2) is 7.53. The summed E-state index contributed by atoms with van der Waals surface area (Å²) in [5.41, 5.74) is 6.97. The third-order valence-electron chi connectivity index (χ3n) is 5.58. The molecule has 2 N–H and O–H groups in total. The summed E-state index contributed by atoms with van der Waals surface area (Å²) < 4.78 is 18.9. The molecule has 1 fully saturated rings. The van der Waals surface area contributed by atoms with E-state index < -0.39 is 11.7 Å². The highest BCUT2D eigenvalue weighted by Crippen LogP contribution is 2.48. The van der Waals surface area contributed by atoms with Crippen molar-refractivity contribution in [2.24, 2.45) is 5.73 Å². The lowest BCUT2D eigenvalue weighted by atomic mass is 10.2. The van der Waals surface area contributed by atoms with Crippen molar-refractivity contribution in [3.8, 4) is 23.2 Å². The zero-order valence-electron chi connectivity index (χ0n) is 17.5. The summed E-state index contributed by atoms with van der Waals surface area (Å²) in [7, 11) is 1.59. The van der Waals surface area contributed by atoms with Crippen molar-refractivity contribution in [3.63, 3.8) is 0 Å². The average Bonchev–Trinajstić information content (AvgIpc) is 3.21. The van der Waals surface area contributed by atoms with Crippen molar-refractivity contribution in [1.82, 2.24) is 19.3 Å². The summed E-state index contributed by atoms with van der Waals surface area (Å²) in [6.45, 7) is 2.14. The largest absolute Gasteiger partial charge is 0.468 e. The SMILES string of the molecule is COc1nc2ccc(Oc3c(Cl)cc(-n4c(C(N)=O)noc4=O)cc3Cl)cc2n1C1(C)CC1. The molecule has 10 nitrogen and oxygen atoms in total. The van der Waals surface area contributed by atoms with Crippen LogP contribution < -0.4 is 21.0 Å². The van der Waals surface area contributed by atoms with Gasteiger partial charge in [0, 0.05) is 11.6 Å². The van der Waals surface area contributed by atoms with Crippen LogP contribution in [0.2, 0.25) is 10.0 Å². The molecule has 1 amide bonds. The van der Waals surface area contributed by atoms with Gasteiger partial charge in [0.05, 0.1) is 33.9 Å². The van der Waals surface area contributed by atoms with Crippen LogP contribution in [0, 0.1) is 0 Å². The van der Waals surface area contributed by atoms with Crippen LogP contribution in [-0.4, -0.2) is 32.3 Å². The number of hydrogen-bond donors (Lipinski definition) is 1. The highest BCUT2D eigenvalue weighted by Gasteiger charge is 2.42. The zero-order chi connectivity index (χ0) is 23.5. The number of halogens is 2. The normalized spacial score (nSPS) is 14.4. The molecule has 170 valence electrons. The first-order chi connectivity index (χ1) is 15.7. The number of rotatable bonds is 6. The van der Waals surface area contributed by atoms with E-state index in [4.69, 9.17) is 38.4 Å². The lowest BCUT2D eigenvalue weighted by molar-refractivity contribution is 0.0985. The number of carbonyl (C=O) groups is 1. The van der Waals surface area contributed by atoms with Crippen molar-refractivity contribution in [2.75, 3.05) is 7.11 Å². The first kappa shape index (κ1) is 21.4. The molecule has 2 aromatic carbocycles. The van der Waals surface area contributed by atoms with E-state index in [9.17, 15) is 9.59 Å². The van der Waals surface area contributed by atoms with E-state index in [0.29, 0.717) is 11.8 Å². The number of nitrogens with two attached hydrogens (primary N) is 1. The number of imidazole rings is 1. The first-order valence-electron chi connectivity index (χ1n) is 9.84. The molecule has 0 spiro atoms. The maximum absolute atomic E-state index is 12.0. The van der Waals surface area contributed by atoms with Crippen molar-refractivity contribution >= 4 is 40.1 Å². The minimum Gasteiger partial charge on any atom is -0.468 e. The molecule has 2 heterocycles. The molecule has 0 radical (unpaired) electrons. The number of fused-ring (bicyclic) bond motifs is 1. The Kier molecular flexibility index (Phi) is 4.87. The van der Waals surface area contributed by atoms with Gasteiger partial charge in [-0.15, -0.1) is 0 Å². The van der Waals surface area contributed by atoms with Gasteiger partial charge in [0.15, 0.2) is 5.75 Å². The fourth-order valence-electron chi connectivity index (χ4n) is 3.68. The Hall–Kier alpha value is -3.50. The van der Waals surface area contributed by atoms with E-state index >= 15 is 0 Å². The van der Waals surface area contributed by atoms with Crippen LogP contribution in [0.1, 0.15) is 30.4 Å². The van der Waals surface area contributed by atoms with E-state index in [1.54, 1.807) is 13.2 Å². The first-order valence-corrected chi connectivity index (χ1v) is 10.6. The summed E-state index contributed by atoms with van der Waals surface area (Å²) in [4.78, 5) is 28.1. The summed E-state index contributed by atoms with van der Waals surface area (Å²) in [5.74, 6) is -1.60. The molecular formula is C21H17Cl2N5O5. The lowest BCUT2D eigenvalue weighted by Crippen LogP contribution is -2.22. The predicted molar refractivity (Wildman–Crippen MR) is 120 cm³/mol. The fraction of sp³-hybridized carbons (Fsp3) is 0.238. The van der Waals surface area contributed by atoms with Gasteiger partial charge in [-0.25, -0.2) is 9.36 Å². The number of ether oxygens (including phenoxy) is 2. The van der Waals surface area contributed by atoms with E-state index in [1.807, 2.05) is 12.1 Å². The maximum Gasteiger partial charge on any atom is 0.446 e. The third-order valence-corrected chi connectivity index (χ3v) is 6.14. The van der Waals surface area contributed by atoms with Gasteiger partial charge in [-0.3, -0.25) is 13.9 Å². The molecule has 0 bridgehead atoms. The molecule has 2 aromatic heterocycles. The molecule has 0 atom stereocenters. The van der Waals surface area contributed by atoms with E-state index in [1.165, 1.54) is 12.1 Å². The smallest absolute Gasteiger partial charge is 0.446 e. The quantitative estimate of drug-likeness (QED) is 0.434. The van der Waals surface area contributed by atoms with Crippen LogP contribution in [-0.2, 0) is 5.54 Å². The van der Waals surface area contributed by atoms with Crippen LogP contribution in [0.4, 0.5) is 0 Å². The molecule has 5 rings (SSSR count). The van der Waals surface area contributed by atoms with Crippen LogP contribution in [0.3, 0.4) is 0 Å². The molecule has 1 aliphatic carbocycles. The summed E-state index contributed by atoms with van der Waals surface area (Å²) >= 11 is 12.8. The molecule has 1 aliphatic rings. The van der Waals surface area contributed by atoms with Gasteiger partial charge in [0.2, 0.25) is 5.82 Å². The topological polar surface area (TPSA) is 127 Å². The number of amides is 1. The number of carbonyl (C=O) groups excluding carboxylic acids is 1. The molecular weight excluding hydrogens is 473 g/mol. The van der Waals surface area contributed by atoms with E-state index in [2.05, 4.69) is 26.2 Å². The Morgan fingerprint density at radius 3 is 2.52 bits per heavy atom. The van der Waals surface area contributed by atoms with Gasteiger partial charge in [-0.2, -0.15) is 4.98 Å². The summed E-state index contributed by atoms with van der Waals surface area (Å²) in [5, 5.41) is 3.57. The van der Waals surface area contributed by atoms with E-state index in [0.717, 1.165) is 28.4 Å². The van der Waals surface area contributed by atoms with Gasteiger partial charge in [-0.1, -0.05) is 23.2 Å². The fourth-order valence-corrected chi connectivity index (χ4v) is 4.24. The Labute approximate surface area is 196 Å². The maximum atomic E-state index is 12.0. The highest BCUT2D eigenvalue weighted by molar-refractivity contribution is 6.37. The number of nitrogens with zero attached hydrogens (tertiary/aromatic N) is 4. The van der Waals surface area contributed by atoms with Crippen molar-refractivity contribution < 1.29 is 18.8 Å². The number of aromatic nitrogens is 4. The molecule has 0 aliphatic heterocycles. The third kappa shape index (κ3) is 3.51. The Morgan fingerprint density at radius 2 is 1.91 bits per heavy atom. The van der Waals surface area contributed by atoms with Gasteiger partial charge >= 0.3 is 5.76 Å². The number of primary amides is 1. The molecule has 0 unspecified atom stereocenters. The monoisotopic (exact) mass is 489 g/mol. The minimum absolute atomic E-state index is 0.0559. The van der Waals surface area contributed by atoms with Crippen molar-refractivity contribution in [2.45, 2.75) is 25.3 Å². The van der Waals surface area contributed by atoms with Crippen molar-refractivity contribution in [1.29, 1.82) is 0 Å². The average molecular weight is 490 g/mol. The van der Waals surface area contributed by atoms with Gasteiger partial charge in [-0.05, 0) is 49.2 Å². The molecule has 0 saturated heterocycles. The van der Waals surface area contributed by atoms with Crippen molar-refractivity contribution in [3.05, 3.63) is 56.8 Å². The second-order valence-corrected chi connectivity index (χ2v) is 8.71. The lowest BCUT2D eigenvalue weighted by Gasteiger charge is -2.15. The van der Waals surface area contributed by atoms with Crippen LogP contribution in [0.25, 0.3) is 16.7 Å². The summed E-state index contributed by atoms with van der Waals surface area (Å²) in [6.07, 6.45) is 2.04. The van der Waals surface area contributed by atoms with Crippen LogP contribution >= 0.6 is 23.2 Å². The molecule has 33 heavy (non-hydrogen) atoms. The number of methoxy groups -OCH3 is 1. The molecule has 12 heteroatoms. The van der Waals surface area contributed by atoms with Gasteiger partial charge in [0.1, 0.15) is 5.75 Å². The molecule has 1 saturated carbocycles. The Bertz CT molecular complexity index is 1460. The Balaban J connectivity index is 1.55. The van der Waals surface area contributed by atoms with Gasteiger partial charge < -0.3 is 15.2 Å².